The maximum absolute atomic E-state index is 13.0. The van der Waals surface area contributed by atoms with E-state index in [1.807, 2.05) is 31.2 Å². The molecule has 1 aliphatic heterocycles. The standard InChI is InChI=1S/C22H26N6O3S/c1-17-5-10-20(32(30,31)27-11-3-2-4-12-27)13-21(17)26-22(29)14-24-18-6-8-19(9-7-18)28-16-23-15-25-28/h5-10,13,15-16,24H,2-4,11-12,14H2,1H3,(H,26,29). The highest BCUT2D eigenvalue weighted by Gasteiger charge is 2.26. The second-order valence-corrected chi connectivity index (χ2v) is 9.67. The number of anilines is 2. The number of benzene rings is 2. The summed E-state index contributed by atoms with van der Waals surface area (Å²) in [6.07, 6.45) is 5.88. The van der Waals surface area contributed by atoms with Gasteiger partial charge in [0.05, 0.1) is 17.1 Å². The van der Waals surface area contributed by atoms with Crippen LogP contribution in [0.4, 0.5) is 11.4 Å². The molecule has 9 nitrogen and oxygen atoms in total. The summed E-state index contributed by atoms with van der Waals surface area (Å²) in [5.74, 6) is -0.263. The summed E-state index contributed by atoms with van der Waals surface area (Å²) in [5, 5.41) is 9.97. The number of carbonyl (C=O) groups is 1. The first-order valence-electron chi connectivity index (χ1n) is 10.5. The summed E-state index contributed by atoms with van der Waals surface area (Å²) in [4.78, 5) is 16.6. The number of rotatable bonds is 7. The van der Waals surface area contributed by atoms with Gasteiger partial charge in [0.25, 0.3) is 0 Å². The lowest BCUT2D eigenvalue weighted by molar-refractivity contribution is -0.114. The van der Waals surface area contributed by atoms with Crippen LogP contribution in [0.2, 0.25) is 0 Å². The Balaban J connectivity index is 1.39. The van der Waals surface area contributed by atoms with Crippen LogP contribution in [0, 0.1) is 6.92 Å². The van der Waals surface area contributed by atoms with Gasteiger partial charge in [0.2, 0.25) is 15.9 Å². The number of piperidine rings is 1. The molecule has 168 valence electrons. The molecule has 1 aromatic heterocycles. The largest absolute Gasteiger partial charge is 0.376 e. The lowest BCUT2D eigenvalue weighted by Crippen LogP contribution is -2.35. The fourth-order valence-electron chi connectivity index (χ4n) is 3.60. The van der Waals surface area contributed by atoms with Gasteiger partial charge in [-0.2, -0.15) is 9.40 Å². The van der Waals surface area contributed by atoms with E-state index in [0.717, 1.165) is 36.2 Å². The van der Waals surface area contributed by atoms with Crippen LogP contribution in [0.25, 0.3) is 5.69 Å². The average Bonchev–Trinajstić information content (AvgIpc) is 3.35. The van der Waals surface area contributed by atoms with Gasteiger partial charge in [-0.25, -0.2) is 18.1 Å². The molecular formula is C22H26N6O3S. The molecule has 4 rings (SSSR count). The molecule has 0 radical (unpaired) electrons. The van der Waals surface area contributed by atoms with Gasteiger partial charge < -0.3 is 10.6 Å². The molecule has 0 spiro atoms. The van der Waals surface area contributed by atoms with Crippen molar-refractivity contribution in [2.45, 2.75) is 31.1 Å². The first-order chi connectivity index (χ1) is 15.4. The van der Waals surface area contributed by atoms with Crippen molar-refractivity contribution in [3.63, 3.8) is 0 Å². The van der Waals surface area contributed by atoms with Crippen LogP contribution >= 0.6 is 0 Å². The Morgan fingerprint density at radius 3 is 2.50 bits per heavy atom. The van der Waals surface area contributed by atoms with Crippen LogP contribution in [-0.2, 0) is 14.8 Å². The summed E-state index contributed by atoms with van der Waals surface area (Å²) in [6.45, 7) is 2.96. The van der Waals surface area contributed by atoms with Crippen molar-refractivity contribution in [3.8, 4) is 5.69 Å². The van der Waals surface area contributed by atoms with Gasteiger partial charge in [0.1, 0.15) is 12.7 Å². The van der Waals surface area contributed by atoms with Gasteiger partial charge >= 0.3 is 0 Å². The number of sulfonamides is 1. The lowest BCUT2D eigenvalue weighted by Gasteiger charge is -2.26. The smallest absolute Gasteiger partial charge is 0.243 e. The van der Waals surface area contributed by atoms with E-state index in [-0.39, 0.29) is 17.3 Å². The number of nitrogens with zero attached hydrogens (tertiary/aromatic N) is 4. The van der Waals surface area contributed by atoms with Crippen molar-refractivity contribution in [1.29, 1.82) is 0 Å². The Labute approximate surface area is 187 Å². The molecule has 1 saturated heterocycles. The highest BCUT2D eigenvalue weighted by molar-refractivity contribution is 7.89. The molecule has 0 saturated carbocycles. The van der Waals surface area contributed by atoms with Gasteiger partial charge in [-0.15, -0.1) is 0 Å². The third-order valence-corrected chi connectivity index (χ3v) is 7.33. The maximum Gasteiger partial charge on any atom is 0.243 e. The molecule has 1 amide bonds. The van der Waals surface area contributed by atoms with E-state index in [1.54, 1.807) is 29.2 Å². The van der Waals surface area contributed by atoms with Gasteiger partial charge in [0.15, 0.2) is 0 Å². The monoisotopic (exact) mass is 454 g/mol. The molecule has 2 heterocycles. The molecule has 0 aliphatic carbocycles. The number of aromatic nitrogens is 3. The molecule has 1 aliphatic rings. The minimum Gasteiger partial charge on any atom is -0.376 e. The SMILES string of the molecule is Cc1ccc(S(=O)(=O)N2CCCCC2)cc1NC(=O)CNc1ccc(-n2cncn2)cc1. The second-order valence-electron chi connectivity index (χ2n) is 7.73. The molecule has 0 bridgehead atoms. The third kappa shape index (κ3) is 4.97. The molecular weight excluding hydrogens is 428 g/mol. The van der Waals surface area contributed by atoms with Crippen LogP contribution in [0.5, 0.6) is 0 Å². The van der Waals surface area contributed by atoms with E-state index in [9.17, 15) is 13.2 Å². The zero-order valence-electron chi connectivity index (χ0n) is 17.9. The van der Waals surface area contributed by atoms with Gasteiger partial charge in [-0.3, -0.25) is 4.79 Å². The predicted molar refractivity (Wildman–Crippen MR) is 122 cm³/mol. The molecule has 0 unspecified atom stereocenters. The molecule has 2 N–H and O–H groups in total. The summed E-state index contributed by atoms with van der Waals surface area (Å²) in [7, 11) is -3.56. The van der Waals surface area contributed by atoms with Crippen LogP contribution in [0.1, 0.15) is 24.8 Å². The molecule has 1 fully saturated rings. The molecule has 2 aromatic carbocycles. The first-order valence-corrected chi connectivity index (χ1v) is 12.0. The van der Waals surface area contributed by atoms with Gasteiger partial charge in [-0.1, -0.05) is 12.5 Å². The zero-order valence-corrected chi connectivity index (χ0v) is 18.7. The third-order valence-electron chi connectivity index (χ3n) is 5.44. The number of aryl methyl sites for hydroxylation is 1. The summed E-state index contributed by atoms with van der Waals surface area (Å²) in [5.41, 5.74) is 2.94. The van der Waals surface area contributed by atoms with Gasteiger partial charge in [-0.05, 0) is 61.7 Å². The van der Waals surface area contributed by atoms with Crippen LogP contribution in [0.15, 0.2) is 60.0 Å². The van der Waals surface area contributed by atoms with Crippen molar-refractivity contribution in [2.24, 2.45) is 0 Å². The van der Waals surface area contributed by atoms with Gasteiger partial charge in [0, 0.05) is 24.5 Å². The number of amides is 1. The number of hydrogen-bond acceptors (Lipinski definition) is 6. The fraction of sp³-hybridized carbons (Fsp3) is 0.318. The number of carbonyl (C=O) groups excluding carboxylic acids is 1. The Kier molecular flexibility index (Phi) is 6.52. The summed E-state index contributed by atoms with van der Waals surface area (Å²) >= 11 is 0. The quantitative estimate of drug-likeness (QED) is 0.568. The van der Waals surface area contributed by atoms with E-state index in [1.165, 1.54) is 10.6 Å². The van der Waals surface area contributed by atoms with Crippen molar-refractivity contribution in [1.82, 2.24) is 19.1 Å². The number of hydrogen-bond donors (Lipinski definition) is 2. The number of nitrogens with one attached hydrogen (secondary N) is 2. The van der Waals surface area contributed by atoms with E-state index in [0.29, 0.717) is 18.8 Å². The molecule has 32 heavy (non-hydrogen) atoms. The highest BCUT2D eigenvalue weighted by atomic mass is 32.2. The summed E-state index contributed by atoms with van der Waals surface area (Å²) in [6, 6.07) is 12.3. The minimum absolute atomic E-state index is 0.0468. The highest BCUT2D eigenvalue weighted by Crippen LogP contribution is 2.25. The van der Waals surface area contributed by atoms with E-state index in [2.05, 4.69) is 20.7 Å². The summed E-state index contributed by atoms with van der Waals surface area (Å²) < 4.78 is 29.1. The minimum atomic E-state index is -3.56. The maximum atomic E-state index is 13.0. The molecule has 10 heteroatoms. The zero-order chi connectivity index (χ0) is 22.6. The lowest BCUT2D eigenvalue weighted by atomic mass is 10.2. The molecule has 3 aromatic rings. The van der Waals surface area contributed by atoms with Crippen LogP contribution in [-0.4, -0.2) is 53.0 Å². The Morgan fingerprint density at radius 2 is 1.81 bits per heavy atom. The Hall–Kier alpha value is -3.24. The first kappa shape index (κ1) is 22.0. The predicted octanol–water partition coefficient (Wildman–Crippen LogP) is 2.80. The fourth-order valence-corrected chi connectivity index (χ4v) is 5.14. The van der Waals surface area contributed by atoms with Crippen molar-refractivity contribution in [2.75, 3.05) is 30.3 Å². The van der Waals surface area contributed by atoms with E-state index < -0.39 is 10.0 Å². The Morgan fingerprint density at radius 1 is 1.06 bits per heavy atom. The second kappa shape index (κ2) is 9.49. The average molecular weight is 455 g/mol. The van der Waals surface area contributed by atoms with E-state index in [4.69, 9.17) is 0 Å². The normalized spacial score (nSPS) is 14.8. The van der Waals surface area contributed by atoms with Crippen molar-refractivity contribution < 1.29 is 13.2 Å². The van der Waals surface area contributed by atoms with Crippen molar-refractivity contribution >= 4 is 27.3 Å². The Bertz CT molecular complexity index is 1170. The molecule has 0 atom stereocenters. The topological polar surface area (TPSA) is 109 Å². The van der Waals surface area contributed by atoms with Crippen molar-refractivity contribution in [3.05, 3.63) is 60.7 Å². The van der Waals surface area contributed by atoms with E-state index >= 15 is 0 Å². The van der Waals surface area contributed by atoms with Crippen LogP contribution in [0.3, 0.4) is 0 Å². The van der Waals surface area contributed by atoms with Crippen LogP contribution < -0.4 is 10.6 Å².